The molecule has 1 atom stereocenters. The van der Waals surface area contributed by atoms with Crippen LogP contribution in [0.5, 0.6) is 0 Å². The summed E-state index contributed by atoms with van der Waals surface area (Å²) in [5, 5.41) is 6.71. The summed E-state index contributed by atoms with van der Waals surface area (Å²) in [6.07, 6.45) is 5.12. The second-order valence-corrected chi connectivity index (χ2v) is 5.82. The highest BCUT2D eigenvalue weighted by Gasteiger charge is 2.25. The van der Waals surface area contributed by atoms with Crippen LogP contribution in [0.15, 0.2) is 42.9 Å². The van der Waals surface area contributed by atoms with Crippen molar-refractivity contribution in [3.63, 3.8) is 0 Å². The van der Waals surface area contributed by atoms with Gasteiger partial charge in [-0.2, -0.15) is 0 Å². The van der Waals surface area contributed by atoms with Gasteiger partial charge in [0.1, 0.15) is 5.82 Å². The van der Waals surface area contributed by atoms with E-state index in [1.807, 2.05) is 18.3 Å². The number of nitrogens with one attached hydrogen (secondary N) is 2. The second-order valence-electron chi connectivity index (χ2n) is 5.39. The SMILES string of the molecule is O=C(CN1CCNCC1c1cccnc1)Nc1ccc(Cl)cn1. The van der Waals surface area contributed by atoms with E-state index in [0.29, 0.717) is 17.4 Å². The second kappa shape index (κ2) is 7.50. The number of rotatable bonds is 4. The molecule has 3 heterocycles. The minimum atomic E-state index is -0.0874. The first-order valence-electron chi connectivity index (χ1n) is 7.48. The first-order valence-corrected chi connectivity index (χ1v) is 7.86. The summed E-state index contributed by atoms with van der Waals surface area (Å²) in [6, 6.07) is 7.49. The van der Waals surface area contributed by atoms with Crippen molar-refractivity contribution in [2.75, 3.05) is 31.5 Å². The van der Waals surface area contributed by atoms with Gasteiger partial charge < -0.3 is 10.6 Å². The van der Waals surface area contributed by atoms with Gasteiger partial charge in [0.25, 0.3) is 0 Å². The maximum absolute atomic E-state index is 12.3. The van der Waals surface area contributed by atoms with Crippen LogP contribution in [0.2, 0.25) is 5.02 Å². The van der Waals surface area contributed by atoms with Gasteiger partial charge in [0.15, 0.2) is 0 Å². The Kier molecular flexibility index (Phi) is 5.17. The van der Waals surface area contributed by atoms with Gasteiger partial charge in [-0.05, 0) is 23.8 Å². The van der Waals surface area contributed by atoms with Crippen molar-refractivity contribution in [2.45, 2.75) is 6.04 Å². The van der Waals surface area contributed by atoms with Crippen LogP contribution in [0, 0.1) is 0 Å². The number of anilines is 1. The number of amides is 1. The van der Waals surface area contributed by atoms with Crippen LogP contribution in [-0.2, 0) is 4.79 Å². The highest BCUT2D eigenvalue weighted by atomic mass is 35.5. The Morgan fingerprint density at radius 1 is 1.39 bits per heavy atom. The average molecular weight is 332 g/mol. The molecule has 1 unspecified atom stereocenters. The molecule has 120 valence electrons. The fourth-order valence-corrected chi connectivity index (χ4v) is 2.77. The summed E-state index contributed by atoms with van der Waals surface area (Å²) in [5.74, 6) is 0.420. The van der Waals surface area contributed by atoms with E-state index < -0.39 is 0 Å². The third-order valence-corrected chi connectivity index (χ3v) is 3.99. The molecule has 2 aromatic heterocycles. The van der Waals surface area contributed by atoms with Gasteiger partial charge >= 0.3 is 0 Å². The van der Waals surface area contributed by atoms with Gasteiger partial charge in [0.05, 0.1) is 11.6 Å². The predicted octanol–water partition coefficient (Wildman–Crippen LogP) is 1.71. The molecular weight excluding hydrogens is 314 g/mol. The average Bonchev–Trinajstić information content (AvgIpc) is 2.58. The van der Waals surface area contributed by atoms with Crippen LogP contribution in [0.1, 0.15) is 11.6 Å². The highest BCUT2D eigenvalue weighted by molar-refractivity contribution is 6.30. The topological polar surface area (TPSA) is 70.2 Å². The molecule has 1 aliphatic rings. The molecule has 0 bridgehead atoms. The predicted molar refractivity (Wildman–Crippen MR) is 89.3 cm³/mol. The van der Waals surface area contributed by atoms with Crippen molar-refractivity contribution in [1.29, 1.82) is 0 Å². The van der Waals surface area contributed by atoms with Gasteiger partial charge in [-0.3, -0.25) is 14.7 Å². The van der Waals surface area contributed by atoms with Crippen LogP contribution in [0.25, 0.3) is 0 Å². The molecule has 1 aliphatic heterocycles. The number of halogens is 1. The smallest absolute Gasteiger partial charge is 0.239 e. The number of piperazine rings is 1. The summed E-state index contributed by atoms with van der Waals surface area (Å²) in [7, 11) is 0. The zero-order valence-electron chi connectivity index (χ0n) is 12.6. The van der Waals surface area contributed by atoms with Gasteiger partial charge in [-0.1, -0.05) is 17.7 Å². The summed E-state index contributed by atoms with van der Waals surface area (Å²) < 4.78 is 0. The molecule has 0 aliphatic carbocycles. The number of hydrogen-bond donors (Lipinski definition) is 2. The van der Waals surface area contributed by atoms with E-state index >= 15 is 0 Å². The van der Waals surface area contributed by atoms with Gasteiger partial charge in [-0.25, -0.2) is 4.98 Å². The molecule has 1 fully saturated rings. The summed E-state index contributed by atoms with van der Waals surface area (Å²) in [6.45, 7) is 2.79. The molecule has 2 aromatic rings. The number of carbonyl (C=O) groups excluding carboxylic acids is 1. The number of carbonyl (C=O) groups is 1. The Morgan fingerprint density at radius 3 is 3.04 bits per heavy atom. The lowest BCUT2D eigenvalue weighted by Crippen LogP contribution is -2.48. The lowest BCUT2D eigenvalue weighted by Gasteiger charge is -2.35. The molecule has 1 saturated heterocycles. The van der Waals surface area contributed by atoms with Crippen LogP contribution in [0.3, 0.4) is 0 Å². The molecular formula is C16H18ClN5O. The Bertz CT molecular complexity index is 649. The monoisotopic (exact) mass is 331 g/mol. The first-order chi connectivity index (χ1) is 11.2. The van der Waals surface area contributed by atoms with E-state index in [9.17, 15) is 4.79 Å². The molecule has 7 heteroatoms. The van der Waals surface area contributed by atoms with E-state index in [1.165, 1.54) is 6.20 Å². The zero-order chi connectivity index (χ0) is 16.1. The van der Waals surface area contributed by atoms with Crippen molar-refractivity contribution in [1.82, 2.24) is 20.2 Å². The molecule has 1 amide bonds. The quantitative estimate of drug-likeness (QED) is 0.892. The molecule has 3 rings (SSSR count). The molecule has 2 N–H and O–H groups in total. The number of hydrogen-bond acceptors (Lipinski definition) is 5. The summed E-state index contributed by atoms with van der Waals surface area (Å²) in [5.41, 5.74) is 1.11. The van der Waals surface area contributed by atoms with Crippen molar-refractivity contribution < 1.29 is 4.79 Å². The van der Waals surface area contributed by atoms with E-state index in [1.54, 1.807) is 18.3 Å². The minimum absolute atomic E-state index is 0.0874. The molecule has 0 aromatic carbocycles. The summed E-state index contributed by atoms with van der Waals surface area (Å²) in [4.78, 5) is 22.7. The fraction of sp³-hybridized carbons (Fsp3) is 0.312. The molecule has 0 radical (unpaired) electrons. The number of aromatic nitrogens is 2. The van der Waals surface area contributed by atoms with Gasteiger partial charge in [0, 0.05) is 44.3 Å². The minimum Gasteiger partial charge on any atom is -0.314 e. The maximum atomic E-state index is 12.3. The third-order valence-electron chi connectivity index (χ3n) is 3.77. The van der Waals surface area contributed by atoms with E-state index in [0.717, 1.165) is 25.2 Å². The summed E-state index contributed by atoms with van der Waals surface area (Å²) >= 11 is 5.79. The Morgan fingerprint density at radius 2 is 2.30 bits per heavy atom. The third kappa shape index (κ3) is 4.25. The van der Waals surface area contributed by atoms with E-state index in [-0.39, 0.29) is 11.9 Å². The van der Waals surface area contributed by atoms with Crippen molar-refractivity contribution in [3.05, 3.63) is 53.4 Å². The maximum Gasteiger partial charge on any atom is 0.239 e. The molecule has 23 heavy (non-hydrogen) atoms. The standard InChI is InChI=1S/C16H18ClN5O/c17-13-3-4-15(20-9-13)21-16(23)11-22-7-6-19-10-14(22)12-2-1-5-18-8-12/h1-5,8-9,14,19H,6-7,10-11H2,(H,20,21,23). The van der Waals surface area contributed by atoms with Gasteiger partial charge in [0.2, 0.25) is 5.91 Å². The Labute approximate surface area is 139 Å². The Hall–Kier alpha value is -2.02. The van der Waals surface area contributed by atoms with E-state index in [2.05, 4.69) is 25.5 Å². The van der Waals surface area contributed by atoms with Crippen molar-refractivity contribution >= 4 is 23.3 Å². The fourth-order valence-electron chi connectivity index (χ4n) is 2.65. The molecule has 6 nitrogen and oxygen atoms in total. The normalized spacial score (nSPS) is 18.6. The van der Waals surface area contributed by atoms with Crippen LogP contribution in [-0.4, -0.2) is 47.0 Å². The zero-order valence-corrected chi connectivity index (χ0v) is 13.3. The number of pyridine rings is 2. The molecule has 0 saturated carbocycles. The largest absolute Gasteiger partial charge is 0.314 e. The van der Waals surface area contributed by atoms with Gasteiger partial charge in [-0.15, -0.1) is 0 Å². The van der Waals surface area contributed by atoms with E-state index in [4.69, 9.17) is 11.6 Å². The van der Waals surface area contributed by atoms with Crippen molar-refractivity contribution in [3.8, 4) is 0 Å². The van der Waals surface area contributed by atoms with Crippen LogP contribution in [0.4, 0.5) is 5.82 Å². The number of nitrogens with zero attached hydrogens (tertiary/aromatic N) is 3. The highest BCUT2D eigenvalue weighted by Crippen LogP contribution is 2.21. The van der Waals surface area contributed by atoms with Crippen LogP contribution < -0.4 is 10.6 Å². The van der Waals surface area contributed by atoms with Crippen molar-refractivity contribution in [2.24, 2.45) is 0 Å². The molecule has 0 spiro atoms. The lowest BCUT2D eigenvalue weighted by atomic mass is 10.1. The van der Waals surface area contributed by atoms with Crippen LogP contribution >= 0.6 is 11.6 Å². The Balaban J connectivity index is 1.64. The lowest BCUT2D eigenvalue weighted by molar-refractivity contribution is -0.118. The first kappa shape index (κ1) is 15.9.